The van der Waals surface area contributed by atoms with Crippen LogP contribution in [0.4, 0.5) is 15.8 Å². The minimum atomic E-state index is -0.492. The van der Waals surface area contributed by atoms with Gasteiger partial charge in [0.15, 0.2) is 11.0 Å². The number of hydrogen-bond donors (Lipinski definition) is 1. The maximum absolute atomic E-state index is 14.5. The third-order valence-corrected chi connectivity index (χ3v) is 6.08. The molecule has 1 aromatic heterocycles. The number of amides is 1. The van der Waals surface area contributed by atoms with Gasteiger partial charge < -0.3 is 5.32 Å². The maximum atomic E-state index is 14.5. The molecule has 0 fully saturated rings. The second-order valence-corrected chi connectivity index (χ2v) is 8.44. The minimum absolute atomic E-state index is 0.0244. The molecule has 0 saturated heterocycles. The third kappa shape index (κ3) is 4.81. The fraction of sp³-hybridized carbons (Fsp3) is 0.125. The Bertz CT molecular complexity index is 1370. The van der Waals surface area contributed by atoms with Crippen molar-refractivity contribution in [3.8, 4) is 17.1 Å². The highest BCUT2D eigenvalue weighted by atomic mass is 32.2. The van der Waals surface area contributed by atoms with Crippen molar-refractivity contribution >= 4 is 29.0 Å². The summed E-state index contributed by atoms with van der Waals surface area (Å²) in [6.45, 7) is 3.54. The summed E-state index contributed by atoms with van der Waals surface area (Å²) in [6, 6.07) is 18.4. The van der Waals surface area contributed by atoms with Crippen molar-refractivity contribution in [3.05, 3.63) is 93.8 Å². The van der Waals surface area contributed by atoms with Crippen molar-refractivity contribution in [1.82, 2.24) is 14.8 Å². The number of thioether (sulfide) groups is 1. The number of carbonyl (C=O) groups excluding carboxylic acids is 1. The summed E-state index contributed by atoms with van der Waals surface area (Å²) < 4.78 is 16.2. The van der Waals surface area contributed by atoms with Crippen LogP contribution >= 0.6 is 11.8 Å². The molecule has 0 bridgehead atoms. The van der Waals surface area contributed by atoms with E-state index in [1.807, 2.05) is 31.2 Å². The summed E-state index contributed by atoms with van der Waals surface area (Å²) in [6.07, 6.45) is 0. The molecule has 0 spiro atoms. The van der Waals surface area contributed by atoms with Crippen LogP contribution in [0.3, 0.4) is 0 Å². The number of benzene rings is 3. The fourth-order valence-corrected chi connectivity index (χ4v) is 4.13. The number of nitro groups is 1. The average Bonchev–Trinajstić information content (AvgIpc) is 3.23. The van der Waals surface area contributed by atoms with Gasteiger partial charge in [0.05, 0.1) is 27.5 Å². The van der Waals surface area contributed by atoms with Crippen LogP contribution in [0, 0.1) is 29.8 Å². The molecule has 3 aromatic carbocycles. The quantitative estimate of drug-likeness (QED) is 0.219. The van der Waals surface area contributed by atoms with Crippen LogP contribution in [0.2, 0.25) is 0 Å². The Morgan fingerprint density at radius 3 is 2.50 bits per heavy atom. The largest absolute Gasteiger partial charge is 0.325 e. The van der Waals surface area contributed by atoms with E-state index in [1.165, 1.54) is 18.2 Å². The Hall–Kier alpha value is -4.05. The van der Waals surface area contributed by atoms with Crippen molar-refractivity contribution in [1.29, 1.82) is 0 Å². The molecule has 0 aliphatic heterocycles. The molecule has 0 aliphatic rings. The average molecular weight is 478 g/mol. The molecule has 172 valence electrons. The van der Waals surface area contributed by atoms with Crippen molar-refractivity contribution in [2.75, 3.05) is 11.1 Å². The molecule has 0 unspecified atom stereocenters. The minimum Gasteiger partial charge on any atom is -0.325 e. The van der Waals surface area contributed by atoms with E-state index < -0.39 is 10.7 Å². The van der Waals surface area contributed by atoms with Crippen LogP contribution in [0.1, 0.15) is 11.1 Å². The highest BCUT2D eigenvalue weighted by Crippen LogP contribution is 2.30. The van der Waals surface area contributed by atoms with E-state index in [-0.39, 0.29) is 17.3 Å². The number of nitro benzene ring substituents is 1. The Balaban J connectivity index is 1.61. The summed E-state index contributed by atoms with van der Waals surface area (Å²) in [4.78, 5) is 23.3. The first kappa shape index (κ1) is 23.1. The number of nitrogens with one attached hydrogen (secondary N) is 1. The zero-order valence-electron chi connectivity index (χ0n) is 18.4. The molecule has 10 heteroatoms. The van der Waals surface area contributed by atoms with Gasteiger partial charge in [-0.3, -0.25) is 19.5 Å². The zero-order chi connectivity index (χ0) is 24.2. The molecular formula is C24H20FN5O3S. The van der Waals surface area contributed by atoms with Gasteiger partial charge >= 0.3 is 0 Å². The maximum Gasteiger partial charge on any atom is 0.274 e. The van der Waals surface area contributed by atoms with Crippen molar-refractivity contribution < 1.29 is 14.1 Å². The predicted octanol–water partition coefficient (Wildman–Crippen LogP) is 5.33. The monoisotopic (exact) mass is 477 g/mol. The summed E-state index contributed by atoms with van der Waals surface area (Å²) >= 11 is 1.13. The lowest BCUT2D eigenvalue weighted by atomic mass is 10.1. The molecule has 8 nitrogen and oxygen atoms in total. The standard InChI is InChI=1S/C24H20FN5O3S/c1-15-10-12-17(13-11-15)29-23(18-6-3-4-7-19(18)25)27-28-24(29)34-14-22(31)26-20-8-5-9-21(16(20)2)30(32)33/h3-13H,14H2,1-2H3,(H,26,31). The van der Waals surface area contributed by atoms with Gasteiger partial charge in [0.2, 0.25) is 5.91 Å². The van der Waals surface area contributed by atoms with Gasteiger partial charge in [-0.05, 0) is 44.2 Å². The van der Waals surface area contributed by atoms with Crippen LogP contribution in [-0.4, -0.2) is 31.3 Å². The summed E-state index contributed by atoms with van der Waals surface area (Å²) in [5.74, 6) is -0.499. The van der Waals surface area contributed by atoms with Crippen LogP contribution < -0.4 is 5.32 Å². The summed E-state index contributed by atoms with van der Waals surface area (Å²) in [7, 11) is 0. The molecule has 0 aliphatic carbocycles. The van der Waals surface area contributed by atoms with Crippen LogP contribution in [0.5, 0.6) is 0 Å². The SMILES string of the molecule is Cc1ccc(-n2c(SCC(=O)Nc3cccc([N+](=O)[O-])c3C)nnc2-c2ccccc2F)cc1. The summed E-state index contributed by atoms with van der Waals surface area (Å²) in [5.41, 5.74) is 2.75. The number of aryl methyl sites for hydroxylation is 1. The lowest BCUT2D eigenvalue weighted by Crippen LogP contribution is -2.15. The van der Waals surface area contributed by atoms with Gasteiger partial charge in [-0.25, -0.2) is 4.39 Å². The second-order valence-electron chi connectivity index (χ2n) is 7.50. The molecule has 4 aromatic rings. The fourth-order valence-electron chi connectivity index (χ4n) is 3.38. The molecular weight excluding hydrogens is 457 g/mol. The number of rotatable bonds is 7. The lowest BCUT2D eigenvalue weighted by molar-refractivity contribution is -0.385. The van der Waals surface area contributed by atoms with Gasteiger partial charge in [0, 0.05) is 11.8 Å². The van der Waals surface area contributed by atoms with E-state index in [4.69, 9.17) is 0 Å². The van der Waals surface area contributed by atoms with Crippen LogP contribution in [-0.2, 0) is 4.79 Å². The first-order chi connectivity index (χ1) is 16.3. The zero-order valence-corrected chi connectivity index (χ0v) is 19.2. The molecule has 0 atom stereocenters. The number of anilines is 1. The molecule has 0 radical (unpaired) electrons. The first-order valence-corrected chi connectivity index (χ1v) is 11.3. The lowest BCUT2D eigenvalue weighted by Gasteiger charge is -2.12. The van der Waals surface area contributed by atoms with Crippen molar-refractivity contribution in [3.63, 3.8) is 0 Å². The molecule has 4 rings (SSSR count). The van der Waals surface area contributed by atoms with Gasteiger partial charge in [-0.2, -0.15) is 0 Å². The highest BCUT2D eigenvalue weighted by molar-refractivity contribution is 7.99. The molecule has 0 saturated carbocycles. The molecule has 1 heterocycles. The first-order valence-electron chi connectivity index (χ1n) is 10.3. The molecule has 1 N–H and O–H groups in total. The third-order valence-electron chi connectivity index (χ3n) is 5.15. The van der Waals surface area contributed by atoms with Crippen LogP contribution in [0.15, 0.2) is 71.9 Å². The van der Waals surface area contributed by atoms with E-state index in [0.717, 1.165) is 23.0 Å². The number of halogens is 1. The number of hydrogen-bond acceptors (Lipinski definition) is 6. The normalized spacial score (nSPS) is 10.8. The Kier molecular flexibility index (Phi) is 6.69. The summed E-state index contributed by atoms with van der Waals surface area (Å²) in [5, 5.41) is 22.7. The Morgan fingerprint density at radius 2 is 1.79 bits per heavy atom. The smallest absolute Gasteiger partial charge is 0.274 e. The number of aromatic nitrogens is 3. The van der Waals surface area contributed by atoms with Gasteiger partial charge in [0.25, 0.3) is 5.69 Å². The Morgan fingerprint density at radius 1 is 1.06 bits per heavy atom. The van der Waals surface area contributed by atoms with E-state index in [1.54, 1.807) is 35.8 Å². The number of carbonyl (C=O) groups is 1. The van der Waals surface area contributed by atoms with Gasteiger partial charge in [-0.15, -0.1) is 10.2 Å². The Labute approximate surface area is 199 Å². The van der Waals surface area contributed by atoms with Gasteiger partial charge in [0.1, 0.15) is 5.82 Å². The van der Waals surface area contributed by atoms with E-state index in [9.17, 15) is 19.3 Å². The highest BCUT2D eigenvalue weighted by Gasteiger charge is 2.20. The van der Waals surface area contributed by atoms with Crippen molar-refractivity contribution in [2.24, 2.45) is 0 Å². The van der Waals surface area contributed by atoms with E-state index in [2.05, 4.69) is 15.5 Å². The van der Waals surface area contributed by atoms with Gasteiger partial charge in [-0.1, -0.05) is 47.7 Å². The second kappa shape index (κ2) is 9.84. The topological polar surface area (TPSA) is 103 Å². The van der Waals surface area contributed by atoms with Crippen LogP contribution in [0.25, 0.3) is 17.1 Å². The molecule has 1 amide bonds. The van der Waals surface area contributed by atoms with E-state index >= 15 is 0 Å². The van der Waals surface area contributed by atoms with Crippen molar-refractivity contribution in [2.45, 2.75) is 19.0 Å². The predicted molar refractivity (Wildman–Crippen MR) is 129 cm³/mol. The molecule has 34 heavy (non-hydrogen) atoms. The van der Waals surface area contributed by atoms with E-state index in [0.29, 0.717) is 27.8 Å². The number of nitrogens with zero attached hydrogens (tertiary/aromatic N) is 4.